The summed E-state index contributed by atoms with van der Waals surface area (Å²) in [6, 6.07) is 3.83. The zero-order valence-electron chi connectivity index (χ0n) is 9.09. The lowest BCUT2D eigenvalue weighted by Gasteiger charge is -2.03. The number of aromatic nitrogens is 3. The van der Waals surface area contributed by atoms with E-state index in [4.69, 9.17) is 0 Å². The minimum absolute atomic E-state index is 0.694. The van der Waals surface area contributed by atoms with Crippen molar-refractivity contribution in [3.05, 3.63) is 42.6 Å². The molecule has 4 heteroatoms. The van der Waals surface area contributed by atoms with E-state index < -0.39 is 0 Å². The molecule has 2 heterocycles. The number of nitrogens with zero attached hydrogens (tertiary/aromatic N) is 4. The zero-order chi connectivity index (χ0) is 11.5. The van der Waals surface area contributed by atoms with Crippen molar-refractivity contribution in [1.82, 2.24) is 14.6 Å². The molecule has 0 bridgehead atoms. The quantitative estimate of drug-likeness (QED) is 0.733. The zero-order valence-corrected chi connectivity index (χ0v) is 9.09. The van der Waals surface area contributed by atoms with Crippen LogP contribution in [0.5, 0.6) is 0 Å². The van der Waals surface area contributed by atoms with Crippen molar-refractivity contribution in [1.29, 1.82) is 0 Å². The standard InChI is InChI=1S/C12H12N4/c1-4-11-15-9(2)12(16(11)13-3)10-5-7-14-8-6-10/h4-8H,1,3H2,2H3. The largest absolute Gasteiger partial charge is 0.265 e. The summed E-state index contributed by atoms with van der Waals surface area (Å²) in [5.74, 6) is 0.694. The molecule has 0 unspecified atom stereocenters. The van der Waals surface area contributed by atoms with Gasteiger partial charge in [0.15, 0.2) is 5.82 Å². The molecule has 0 aromatic carbocycles. The van der Waals surface area contributed by atoms with Crippen molar-refractivity contribution >= 4 is 12.8 Å². The molecule has 0 amide bonds. The maximum absolute atomic E-state index is 4.37. The van der Waals surface area contributed by atoms with Gasteiger partial charge in [-0.25, -0.2) is 9.66 Å². The third-order valence-electron chi connectivity index (χ3n) is 2.33. The highest BCUT2D eigenvalue weighted by atomic mass is 15.4. The molecule has 2 aromatic rings. The Morgan fingerprint density at radius 3 is 2.62 bits per heavy atom. The summed E-state index contributed by atoms with van der Waals surface area (Å²) in [5.41, 5.74) is 2.83. The Morgan fingerprint density at radius 1 is 1.38 bits per heavy atom. The van der Waals surface area contributed by atoms with Crippen molar-refractivity contribution in [2.45, 2.75) is 6.92 Å². The van der Waals surface area contributed by atoms with Crippen molar-refractivity contribution in [3.8, 4) is 11.3 Å². The van der Waals surface area contributed by atoms with Gasteiger partial charge < -0.3 is 0 Å². The molecule has 0 aliphatic carbocycles. The van der Waals surface area contributed by atoms with Gasteiger partial charge in [-0.1, -0.05) is 6.58 Å². The highest BCUT2D eigenvalue weighted by Gasteiger charge is 2.13. The fraction of sp³-hybridized carbons (Fsp3) is 0.0833. The Morgan fingerprint density at radius 2 is 2.06 bits per heavy atom. The highest BCUT2D eigenvalue weighted by molar-refractivity contribution is 5.64. The summed E-state index contributed by atoms with van der Waals surface area (Å²) >= 11 is 0. The van der Waals surface area contributed by atoms with Crippen LogP contribution in [-0.2, 0) is 0 Å². The second-order valence-electron chi connectivity index (χ2n) is 3.30. The van der Waals surface area contributed by atoms with Gasteiger partial charge in [0.1, 0.15) is 0 Å². The molecule has 80 valence electrons. The van der Waals surface area contributed by atoms with Gasteiger partial charge in [-0.15, -0.1) is 0 Å². The molecule has 0 fully saturated rings. The number of rotatable bonds is 3. The molecule has 0 N–H and O–H groups in total. The lowest BCUT2D eigenvalue weighted by atomic mass is 10.2. The van der Waals surface area contributed by atoms with Gasteiger partial charge in [0, 0.05) is 24.7 Å². The van der Waals surface area contributed by atoms with Gasteiger partial charge in [-0.3, -0.25) is 4.98 Å². The summed E-state index contributed by atoms with van der Waals surface area (Å²) in [4.78, 5) is 8.35. The van der Waals surface area contributed by atoms with Gasteiger partial charge in [0.2, 0.25) is 0 Å². The van der Waals surface area contributed by atoms with Crippen LogP contribution >= 0.6 is 0 Å². The van der Waals surface area contributed by atoms with Gasteiger partial charge in [-0.2, -0.15) is 5.10 Å². The van der Waals surface area contributed by atoms with E-state index in [2.05, 4.69) is 28.4 Å². The molecule has 0 aliphatic rings. The third kappa shape index (κ3) is 1.54. The van der Waals surface area contributed by atoms with Crippen LogP contribution in [0.3, 0.4) is 0 Å². The second-order valence-corrected chi connectivity index (χ2v) is 3.30. The first kappa shape index (κ1) is 10.3. The fourth-order valence-electron chi connectivity index (χ4n) is 1.66. The Balaban J connectivity index is 2.69. The first-order valence-electron chi connectivity index (χ1n) is 4.87. The van der Waals surface area contributed by atoms with E-state index >= 15 is 0 Å². The van der Waals surface area contributed by atoms with Gasteiger partial charge in [0.05, 0.1) is 11.4 Å². The van der Waals surface area contributed by atoms with Gasteiger partial charge in [-0.05, 0) is 25.1 Å². The lowest BCUT2D eigenvalue weighted by molar-refractivity contribution is 0.879. The van der Waals surface area contributed by atoms with Crippen LogP contribution < -0.4 is 0 Å². The Bertz CT molecular complexity index is 525. The summed E-state index contributed by atoms with van der Waals surface area (Å²) < 4.78 is 1.68. The molecular formula is C12H12N4. The molecule has 0 spiro atoms. The summed E-state index contributed by atoms with van der Waals surface area (Å²) in [5, 5.41) is 3.95. The van der Waals surface area contributed by atoms with Crippen LogP contribution in [-0.4, -0.2) is 21.4 Å². The molecule has 0 radical (unpaired) electrons. The second kappa shape index (κ2) is 4.10. The summed E-state index contributed by atoms with van der Waals surface area (Å²) in [6.07, 6.45) is 5.14. The minimum atomic E-state index is 0.694. The van der Waals surface area contributed by atoms with Crippen molar-refractivity contribution in [2.24, 2.45) is 5.10 Å². The number of hydrogen-bond acceptors (Lipinski definition) is 3. The number of pyridine rings is 1. The molecule has 0 aliphatic heterocycles. The van der Waals surface area contributed by atoms with Gasteiger partial charge in [0.25, 0.3) is 0 Å². The fourth-order valence-corrected chi connectivity index (χ4v) is 1.66. The maximum atomic E-state index is 4.37. The topological polar surface area (TPSA) is 43.1 Å². The number of aryl methyl sites for hydroxylation is 1. The van der Waals surface area contributed by atoms with Crippen molar-refractivity contribution in [3.63, 3.8) is 0 Å². The van der Waals surface area contributed by atoms with Crippen LogP contribution in [0.15, 0.2) is 36.2 Å². The Labute approximate surface area is 94.0 Å². The van der Waals surface area contributed by atoms with E-state index in [9.17, 15) is 0 Å². The lowest BCUT2D eigenvalue weighted by Crippen LogP contribution is -1.94. The van der Waals surface area contributed by atoms with E-state index in [1.165, 1.54) is 0 Å². The maximum Gasteiger partial charge on any atom is 0.153 e. The van der Waals surface area contributed by atoms with E-state index in [0.29, 0.717) is 5.82 Å². The molecule has 0 saturated carbocycles. The first-order valence-corrected chi connectivity index (χ1v) is 4.87. The first-order chi connectivity index (χ1) is 7.77. The van der Waals surface area contributed by atoms with Crippen LogP contribution in [0.1, 0.15) is 11.5 Å². The van der Waals surface area contributed by atoms with E-state index in [-0.39, 0.29) is 0 Å². The molecule has 16 heavy (non-hydrogen) atoms. The van der Waals surface area contributed by atoms with Crippen LogP contribution in [0.25, 0.3) is 17.3 Å². The van der Waals surface area contributed by atoms with E-state index in [1.807, 2.05) is 19.1 Å². The van der Waals surface area contributed by atoms with E-state index in [1.54, 1.807) is 23.1 Å². The molecule has 2 aromatic heterocycles. The normalized spacial score (nSPS) is 10.1. The smallest absolute Gasteiger partial charge is 0.153 e. The predicted octanol–water partition coefficient (Wildman–Crippen LogP) is 2.36. The monoisotopic (exact) mass is 212 g/mol. The molecule has 2 rings (SSSR count). The summed E-state index contributed by atoms with van der Waals surface area (Å²) in [6.45, 7) is 9.19. The van der Waals surface area contributed by atoms with Crippen LogP contribution in [0.2, 0.25) is 0 Å². The highest BCUT2D eigenvalue weighted by Crippen LogP contribution is 2.24. The SMILES string of the molecule is C=Cc1nc(C)c(-c2ccncc2)n1N=C. The van der Waals surface area contributed by atoms with Gasteiger partial charge >= 0.3 is 0 Å². The summed E-state index contributed by atoms with van der Waals surface area (Å²) in [7, 11) is 0. The molecule has 4 nitrogen and oxygen atoms in total. The molecule has 0 atom stereocenters. The average molecular weight is 212 g/mol. The average Bonchev–Trinajstić information content (AvgIpc) is 2.66. The Kier molecular flexibility index (Phi) is 2.64. The van der Waals surface area contributed by atoms with Crippen molar-refractivity contribution < 1.29 is 0 Å². The Hall–Kier alpha value is -2.23. The van der Waals surface area contributed by atoms with Crippen LogP contribution in [0, 0.1) is 6.92 Å². The number of hydrogen-bond donors (Lipinski definition) is 0. The predicted molar refractivity (Wildman–Crippen MR) is 65.2 cm³/mol. The van der Waals surface area contributed by atoms with E-state index in [0.717, 1.165) is 17.0 Å². The van der Waals surface area contributed by atoms with Crippen LogP contribution in [0.4, 0.5) is 0 Å². The van der Waals surface area contributed by atoms with Crippen molar-refractivity contribution in [2.75, 3.05) is 0 Å². The molecule has 0 saturated heterocycles. The third-order valence-corrected chi connectivity index (χ3v) is 2.33. The molecular weight excluding hydrogens is 200 g/mol. The number of imidazole rings is 1. The minimum Gasteiger partial charge on any atom is -0.265 e.